The molecule has 0 atom stereocenters. The lowest BCUT2D eigenvalue weighted by Crippen LogP contribution is -2.27. The van der Waals surface area contributed by atoms with E-state index in [2.05, 4.69) is 15.9 Å². The number of amides is 1. The number of fused-ring (bicyclic) bond motifs is 1. The van der Waals surface area contributed by atoms with Gasteiger partial charge in [-0.3, -0.25) is 14.5 Å². The van der Waals surface area contributed by atoms with Gasteiger partial charge in [0.15, 0.2) is 9.75 Å². The molecule has 1 aliphatic heterocycles. The molecule has 7 heteroatoms. The predicted molar refractivity (Wildman–Crippen MR) is 112 cm³/mol. The number of carbonyl (C=O) groups is 1. The van der Waals surface area contributed by atoms with Crippen LogP contribution < -0.4 is 10.3 Å². The van der Waals surface area contributed by atoms with Crippen molar-refractivity contribution >= 4 is 72.9 Å². The van der Waals surface area contributed by atoms with Crippen molar-refractivity contribution in [2.45, 2.75) is 0 Å². The van der Waals surface area contributed by atoms with E-state index in [0.29, 0.717) is 31.4 Å². The van der Waals surface area contributed by atoms with E-state index in [9.17, 15) is 9.59 Å². The van der Waals surface area contributed by atoms with Crippen LogP contribution >= 0.6 is 39.9 Å². The van der Waals surface area contributed by atoms with E-state index in [0.717, 1.165) is 4.47 Å². The normalized spacial score (nSPS) is 16.0. The Morgan fingerprint density at radius 1 is 1.08 bits per heavy atom. The molecule has 0 spiro atoms. The zero-order valence-corrected chi connectivity index (χ0v) is 16.4. The molecule has 1 aliphatic rings. The Bertz CT molecular complexity index is 1140. The van der Waals surface area contributed by atoms with Gasteiger partial charge in [-0.2, -0.15) is 0 Å². The predicted octanol–water partition coefficient (Wildman–Crippen LogP) is 4.96. The van der Waals surface area contributed by atoms with Gasteiger partial charge in [0, 0.05) is 4.47 Å². The number of para-hydroxylation sites is 1. The molecular weight excluding hydrogens is 434 g/mol. The van der Waals surface area contributed by atoms with E-state index < -0.39 is 0 Å². The van der Waals surface area contributed by atoms with Crippen LogP contribution in [-0.2, 0) is 4.79 Å². The Labute approximate surface area is 166 Å². The van der Waals surface area contributed by atoms with Crippen LogP contribution in [-0.4, -0.2) is 10.2 Å². The Hall–Kier alpha value is -2.22. The van der Waals surface area contributed by atoms with E-state index in [4.69, 9.17) is 16.6 Å². The maximum Gasteiger partial charge on any atom is 0.270 e. The minimum Gasteiger partial charge on any atom is -0.463 e. The average molecular weight is 444 g/mol. The van der Waals surface area contributed by atoms with Gasteiger partial charge in [-0.15, -0.1) is 0 Å². The number of hydrogen-bond acceptors (Lipinski definition) is 5. The summed E-state index contributed by atoms with van der Waals surface area (Å²) in [5.74, 6) is -0.255. The van der Waals surface area contributed by atoms with Crippen molar-refractivity contribution in [1.29, 1.82) is 0 Å². The maximum atomic E-state index is 12.8. The van der Waals surface area contributed by atoms with Crippen LogP contribution in [0.2, 0.25) is 0 Å². The van der Waals surface area contributed by atoms with Crippen molar-refractivity contribution in [2.75, 3.05) is 4.90 Å². The number of thiocarbonyl (C=S) groups is 1. The molecule has 4 nitrogen and oxygen atoms in total. The van der Waals surface area contributed by atoms with Gasteiger partial charge in [0.2, 0.25) is 0 Å². The lowest BCUT2D eigenvalue weighted by molar-refractivity contribution is -0.113. The molecule has 2 aromatic carbocycles. The average Bonchev–Trinajstić information content (AvgIpc) is 2.92. The first-order valence-corrected chi connectivity index (χ1v) is 9.60. The first-order chi connectivity index (χ1) is 12.5. The van der Waals surface area contributed by atoms with Gasteiger partial charge in [0.05, 0.1) is 21.5 Å². The summed E-state index contributed by atoms with van der Waals surface area (Å²) in [5, 5.41) is 0.477. The van der Waals surface area contributed by atoms with E-state index >= 15 is 0 Å². The highest BCUT2D eigenvalue weighted by molar-refractivity contribution is 9.10. The van der Waals surface area contributed by atoms with Crippen LogP contribution in [0.15, 0.2) is 73.4 Å². The largest absolute Gasteiger partial charge is 0.463 e. The second-order valence-corrected chi connectivity index (χ2v) is 8.10. The summed E-state index contributed by atoms with van der Waals surface area (Å²) in [6.45, 7) is 0. The topological polar surface area (TPSA) is 50.5 Å². The van der Waals surface area contributed by atoms with E-state index in [-0.39, 0.29) is 11.3 Å². The van der Waals surface area contributed by atoms with Gasteiger partial charge in [-0.1, -0.05) is 52.0 Å². The quantitative estimate of drug-likeness (QED) is 0.413. The Morgan fingerprint density at radius 3 is 2.58 bits per heavy atom. The number of carbonyl (C=O) groups excluding carboxylic acids is 1. The molecule has 0 unspecified atom stereocenters. The first-order valence-electron chi connectivity index (χ1n) is 7.58. The number of hydrogen-bond donors (Lipinski definition) is 0. The summed E-state index contributed by atoms with van der Waals surface area (Å²) >= 11 is 9.89. The van der Waals surface area contributed by atoms with Crippen molar-refractivity contribution in [3.63, 3.8) is 0 Å². The van der Waals surface area contributed by atoms with Crippen LogP contribution in [0.5, 0.6) is 0 Å². The van der Waals surface area contributed by atoms with Crippen molar-refractivity contribution in [3.8, 4) is 0 Å². The fourth-order valence-corrected chi connectivity index (χ4v) is 4.17. The third kappa shape index (κ3) is 3.02. The second-order valence-electron chi connectivity index (χ2n) is 5.51. The molecule has 1 fully saturated rings. The number of thioether (sulfide) groups is 1. The van der Waals surface area contributed by atoms with Gasteiger partial charge in [-0.25, -0.2) is 0 Å². The summed E-state index contributed by atoms with van der Waals surface area (Å²) in [6.07, 6.45) is 2.91. The number of halogens is 1. The second kappa shape index (κ2) is 6.83. The molecule has 0 saturated carbocycles. The van der Waals surface area contributed by atoms with E-state index in [1.54, 1.807) is 24.3 Å². The van der Waals surface area contributed by atoms with Crippen molar-refractivity contribution in [2.24, 2.45) is 0 Å². The van der Waals surface area contributed by atoms with Gasteiger partial charge in [0.25, 0.3) is 5.91 Å². The number of anilines is 1. The van der Waals surface area contributed by atoms with E-state index in [1.165, 1.54) is 29.0 Å². The molecule has 128 valence electrons. The summed E-state index contributed by atoms with van der Waals surface area (Å²) < 4.78 is 6.84. The summed E-state index contributed by atoms with van der Waals surface area (Å²) in [4.78, 5) is 27.3. The molecule has 0 N–H and O–H groups in total. The van der Waals surface area contributed by atoms with Crippen LogP contribution in [0.4, 0.5) is 5.69 Å². The number of rotatable bonds is 2. The van der Waals surface area contributed by atoms with Crippen LogP contribution in [0.25, 0.3) is 17.0 Å². The van der Waals surface area contributed by atoms with Crippen molar-refractivity contribution in [1.82, 2.24) is 0 Å². The van der Waals surface area contributed by atoms with Gasteiger partial charge in [0.1, 0.15) is 11.8 Å². The zero-order chi connectivity index (χ0) is 18.3. The summed E-state index contributed by atoms with van der Waals surface area (Å²) in [6, 6.07) is 14.3. The molecule has 0 radical (unpaired) electrons. The smallest absolute Gasteiger partial charge is 0.270 e. The molecule has 2 heterocycles. The highest BCUT2D eigenvalue weighted by Gasteiger charge is 2.33. The van der Waals surface area contributed by atoms with Gasteiger partial charge < -0.3 is 4.42 Å². The summed E-state index contributed by atoms with van der Waals surface area (Å²) in [7, 11) is 0. The minimum absolute atomic E-state index is 0.180. The fourth-order valence-electron chi connectivity index (χ4n) is 2.61. The zero-order valence-electron chi connectivity index (χ0n) is 13.1. The molecule has 0 bridgehead atoms. The summed E-state index contributed by atoms with van der Waals surface area (Å²) in [5.41, 5.74) is 1.34. The van der Waals surface area contributed by atoms with Crippen molar-refractivity contribution in [3.05, 3.63) is 80.0 Å². The molecule has 1 aromatic heterocycles. The lowest BCUT2D eigenvalue weighted by Gasteiger charge is -2.14. The van der Waals surface area contributed by atoms with E-state index in [1.807, 2.05) is 24.3 Å². The monoisotopic (exact) mass is 443 g/mol. The van der Waals surface area contributed by atoms with Crippen molar-refractivity contribution < 1.29 is 9.21 Å². The molecule has 3 aromatic rings. The molecular formula is C19H10BrNO3S2. The van der Waals surface area contributed by atoms with Crippen LogP contribution in [0.1, 0.15) is 5.56 Å². The third-order valence-electron chi connectivity index (χ3n) is 3.87. The SMILES string of the molecule is O=C1/C(=C/c2coc3ccccc3c2=O)SC(=S)N1c1ccc(Br)cc1. The Kier molecular flexibility index (Phi) is 4.52. The van der Waals surface area contributed by atoms with Crippen LogP contribution in [0.3, 0.4) is 0 Å². The highest BCUT2D eigenvalue weighted by atomic mass is 79.9. The minimum atomic E-state index is -0.255. The molecule has 1 amide bonds. The molecule has 0 aliphatic carbocycles. The molecule has 1 saturated heterocycles. The van der Waals surface area contributed by atoms with Gasteiger partial charge >= 0.3 is 0 Å². The molecule has 4 rings (SSSR count). The highest BCUT2D eigenvalue weighted by Crippen LogP contribution is 2.36. The molecule has 26 heavy (non-hydrogen) atoms. The van der Waals surface area contributed by atoms with Crippen LogP contribution in [0, 0.1) is 0 Å². The van der Waals surface area contributed by atoms with Gasteiger partial charge in [-0.05, 0) is 42.5 Å². The maximum absolute atomic E-state index is 12.8. The lowest BCUT2D eigenvalue weighted by atomic mass is 10.1. The standard InChI is InChI=1S/C19H10BrNO3S2/c20-12-5-7-13(8-6-12)21-18(23)16(26-19(21)25)9-11-10-24-15-4-2-1-3-14(15)17(11)22/h1-10H/b16-9-. The fraction of sp³-hybridized carbons (Fsp3) is 0. The Morgan fingerprint density at radius 2 is 1.81 bits per heavy atom. The third-order valence-corrected chi connectivity index (χ3v) is 5.70. The first kappa shape index (κ1) is 17.2. The number of nitrogens with zero attached hydrogens (tertiary/aromatic N) is 1. The number of benzene rings is 2. The Balaban J connectivity index is 1.74.